The van der Waals surface area contributed by atoms with Crippen LogP contribution in [0.1, 0.15) is 43.5 Å². The highest BCUT2D eigenvalue weighted by Crippen LogP contribution is 2.33. The van der Waals surface area contributed by atoms with Gasteiger partial charge in [-0.25, -0.2) is 9.97 Å². The number of hydrogen-bond acceptors (Lipinski definition) is 5. The fraction of sp³-hybridized carbons (Fsp3) is 0.625. The monoisotopic (exact) mass is 306 g/mol. The first-order valence-corrected chi connectivity index (χ1v) is 8.50. The molecule has 116 valence electrons. The average molecular weight is 306 g/mol. The van der Waals surface area contributed by atoms with E-state index in [2.05, 4.69) is 51.9 Å². The van der Waals surface area contributed by atoms with Crippen molar-refractivity contribution in [2.24, 2.45) is 0 Å². The third-order valence-electron chi connectivity index (χ3n) is 4.15. The molecule has 0 aliphatic heterocycles. The van der Waals surface area contributed by atoms with Gasteiger partial charge in [0.05, 0.1) is 11.9 Å². The Kier molecular flexibility index (Phi) is 5.17. The van der Waals surface area contributed by atoms with Gasteiger partial charge in [0, 0.05) is 17.5 Å². The summed E-state index contributed by atoms with van der Waals surface area (Å²) in [5.41, 5.74) is 1.30. The second kappa shape index (κ2) is 6.71. The summed E-state index contributed by atoms with van der Waals surface area (Å²) in [5, 5.41) is 4.59. The lowest BCUT2D eigenvalue weighted by molar-refractivity contribution is 0.238. The zero-order valence-corrected chi connectivity index (χ0v) is 14.8. The second-order valence-corrected chi connectivity index (χ2v) is 6.86. The van der Waals surface area contributed by atoms with Crippen molar-refractivity contribution in [2.75, 3.05) is 18.9 Å². The molecule has 1 N–H and O–H groups in total. The molecule has 0 fully saturated rings. The summed E-state index contributed by atoms with van der Waals surface area (Å²) >= 11 is 1.76. The van der Waals surface area contributed by atoms with Gasteiger partial charge in [-0.1, -0.05) is 6.92 Å². The number of fused-ring (bicyclic) bond motifs is 1. The van der Waals surface area contributed by atoms with E-state index < -0.39 is 0 Å². The van der Waals surface area contributed by atoms with E-state index in [-0.39, 0.29) is 0 Å². The van der Waals surface area contributed by atoms with Gasteiger partial charge in [-0.05, 0) is 46.7 Å². The molecule has 0 aliphatic rings. The third kappa shape index (κ3) is 3.35. The number of aromatic nitrogens is 2. The van der Waals surface area contributed by atoms with Gasteiger partial charge < -0.3 is 5.32 Å². The lowest BCUT2D eigenvalue weighted by Crippen LogP contribution is -2.28. The van der Waals surface area contributed by atoms with E-state index in [4.69, 9.17) is 9.97 Å². The topological polar surface area (TPSA) is 41.1 Å². The summed E-state index contributed by atoms with van der Waals surface area (Å²) in [6.45, 7) is 12.5. The largest absolute Gasteiger partial charge is 0.370 e. The van der Waals surface area contributed by atoms with Crippen LogP contribution < -0.4 is 5.32 Å². The van der Waals surface area contributed by atoms with Crippen molar-refractivity contribution in [2.45, 2.75) is 53.6 Å². The molecule has 0 bridgehead atoms. The minimum absolute atomic E-state index is 0.540. The molecule has 4 nitrogen and oxygen atoms in total. The van der Waals surface area contributed by atoms with E-state index in [1.54, 1.807) is 11.3 Å². The molecule has 5 heteroatoms. The van der Waals surface area contributed by atoms with Gasteiger partial charge in [0.2, 0.25) is 0 Å². The third-order valence-corrected chi connectivity index (χ3v) is 5.25. The van der Waals surface area contributed by atoms with E-state index in [1.165, 1.54) is 15.8 Å². The fourth-order valence-corrected chi connectivity index (χ4v) is 3.40. The molecule has 0 spiro atoms. The molecular formula is C16H26N4S. The molecule has 2 heterocycles. The summed E-state index contributed by atoms with van der Waals surface area (Å²) < 4.78 is 0. The zero-order valence-electron chi connectivity index (χ0n) is 13.9. The molecule has 1 unspecified atom stereocenters. The molecular weight excluding hydrogens is 280 g/mol. The van der Waals surface area contributed by atoms with E-state index in [9.17, 15) is 0 Å². The van der Waals surface area contributed by atoms with Crippen LogP contribution in [0.3, 0.4) is 0 Å². The van der Waals surface area contributed by atoms with Gasteiger partial charge in [-0.3, -0.25) is 4.90 Å². The quantitative estimate of drug-likeness (QED) is 0.876. The van der Waals surface area contributed by atoms with Crippen molar-refractivity contribution in [3.8, 4) is 0 Å². The molecule has 0 saturated heterocycles. The van der Waals surface area contributed by atoms with Gasteiger partial charge in [-0.15, -0.1) is 11.3 Å². The molecule has 2 aromatic heterocycles. The highest BCUT2D eigenvalue weighted by molar-refractivity contribution is 7.18. The normalized spacial score (nSPS) is 13.1. The Hall–Kier alpha value is -1.20. The van der Waals surface area contributed by atoms with Gasteiger partial charge in [0.1, 0.15) is 16.5 Å². The van der Waals surface area contributed by atoms with Crippen LogP contribution in [0.2, 0.25) is 0 Å². The van der Waals surface area contributed by atoms with Crippen LogP contribution in [0.25, 0.3) is 10.2 Å². The Morgan fingerprint density at radius 3 is 2.57 bits per heavy atom. The molecule has 0 amide bonds. The summed E-state index contributed by atoms with van der Waals surface area (Å²) in [7, 11) is 2.14. The standard InChI is InChI=1S/C16H26N4S/c1-7-10(3)20(6)9-13-18-15(17-8-2)14-11(4)12(5)21-16(14)19-13/h10H,7-9H2,1-6H3,(H,17,18,19). The second-order valence-electron chi connectivity index (χ2n) is 5.65. The minimum Gasteiger partial charge on any atom is -0.370 e. The smallest absolute Gasteiger partial charge is 0.146 e. The van der Waals surface area contributed by atoms with Gasteiger partial charge >= 0.3 is 0 Å². The lowest BCUT2D eigenvalue weighted by Gasteiger charge is -2.22. The van der Waals surface area contributed by atoms with Crippen molar-refractivity contribution >= 4 is 27.4 Å². The van der Waals surface area contributed by atoms with Crippen molar-refractivity contribution in [1.29, 1.82) is 0 Å². The molecule has 0 saturated carbocycles. The fourth-order valence-electron chi connectivity index (χ4n) is 2.35. The first kappa shape index (κ1) is 16.2. The Bertz CT molecular complexity index is 620. The molecule has 2 aromatic rings. The summed E-state index contributed by atoms with van der Waals surface area (Å²) in [6.07, 6.45) is 1.13. The van der Waals surface area contributed by atoms with Crippen LogP contribution in [0.5, 0.6) is 0 Å². The predicted octanol–water partition coefficient (Wildman–Crippen LogP) is 3.97. The maximum atomic E-state index is 4.78. The summed E-state index contributed by atoms with van der Waals surface area (Å²) in [4.78, 5) is 14.3. The molecule has 21 heavy (non-hydrogen) atoms. The Balaban J connectivity index is 2.42. The van der Waals surface area contributed by atoms with Crippen LogP contribution in [-0.4, -0.2) is 34.5 Å². The first-order valence-electron chi connectivity index (χ1n) is 7.68. The van der Waals surface area contributed by atoms with E-state index in [0.717, 1.165) is 36.0 Å². The highest BCUT2D eigenvalue weighted by atomic mass is 32.1. The number of rotatable bonds is 6. The Morgan fingerprint density at radius 2 is 1.95 bits per heavy atom. The van der Waals surface area contributed by atoms with Crippen molar-refractivity contribution in [1.82, 2.24) is 14.9 Å². The van der Waals surface area contributed by atoms with E-state index in [0.29, 0.717) is 6.04 Å². The molecule has 2 rings (SSSR count). The van der Waals surface area contributed by atoms with Crippen molar-refractivity contribution in [3.63, 3.8) is 0 Å². The van der Waals surface area contributed by atoms with Crippen LogP contribution in [0, 0.1) is 13.8 Å². The van der Waals surface area contributed by atoms with Crippen LogP contribution in [0.15, 0.2) is 0 Å². The van der Waals surface area contributed by atoms with Crippen LogP contribution >= 0.6 is 11.3 Å². The van der Waals surface area contributed by atoms with Gasteiger partial charge in [0.25, 0.3) is 0 Å². The average Bonchev–Trinajstić information content (AvgIpc) is 2.73. The van der Waals surface area contributed by atoms with E-state index in [1.807, 2.05) is 0 Å². The van der Waals surface area contributed by atoms with Crippen LogP contribution in [-0.2, 0) is 6.54 Å². The molecule has 0 aliphatic carbocycles. The summed E-state index contributed by atoms with van der Waals surface area (Å²) in [5.74, 6) is 1.89. The van der Waals surface area contributed by atoms with E-state index >= 15 is 0 Å². The molecule has 0 radical (unpaired) electrons. The maximum Gasteiger partial charge on any atom is 0.146 e. The highest BCUT2D eigenvalue weighted by Gasteiger charge is 2.16. The number of hydrogen-bond donors (Lipinski definition) is 1. The summed E-state index contributed by atoms with van der Waals surface area (Å²) in [6, 6.07) is 0.540. The first-order chi connectivity index (χ1) is 9.97. The number of nitrogens with zero attached hydrogens (tertiary/aromatic N) is 3. The molecule has 0 aromatic carbocycles. The maximum absolute atomic E-state index is 4.78. The van der Waals surface area contributed by atoms with Crippen molar-refractivity contribution < 1.29 is 0 Å². The number of aryl methyl sites for hydroxylation is 2. The zero-order chi connectivity index (χ0) is 15.6. The van der Waals surface area contributed by atoms with Gasteiger partial charge in [0.15, 0.2) is 0 Å². The van der Waals surface area contributed by atoms with Gasteiger partial charge in [-0.2, -0.15) is 0 Å². The Morgan fingerprint density at radius 1 is 1.24 bits per heavy atom. The number of nitrogens with one attached hydrogen (secondary N) is 1. The SMILES string of the molecule is CCNc1nc(CN(C)C(C)CC)nc2sc(C)c(C)c12. The predicted molar refractivity (Wildman–Crippen MR) is 92.3 cm³/mol. The molecule has 1 atom stereocenters. The number of anilines is 1. The Labute approximate surface area is 131 Å². The van der Waals surface area contributed by atoms with Crippen LogP contribution in [0.4, 0.5) is 5.82 Å². The van der Waals surface area contributed by atoms with Crippen molar-refractivity contribution in [3.05, 3.63) is 16.3 Å². The minimum atomic E-state index is 0.540. The lowest BCUT2D eigenvalue weighted by atomic mass is 10.2. The number of thiophene rings is 1.